The Kier molecular flexibility index (Phi) is 6.81. The Hall–Kier alpha value is -3.56. The molecule has 0 saturated carbocycles. The molecule has 0 unspecified atom stereocenters. The van der Waals surface area contributed by atoms with E-state index >= 15 is 0 Å². The number of hydrogen-bond acceptors (Lipinski definition) is 6. The number of hydrogen-bond donors (Lipinski definition) is 1. The molecule has 1 N–H and O–H groups in total. The summed E-state index contributed by atoms with van der Waals surface area (Å²) in [6.07, 6.45) is 1.42. The van der Waals surface area contributed by atoms with Gasteiger partial charge in [0.1, 0.15) is 19.8 Å². The summed E-state index contributed by atoms with van der Waals surface area (Å²) in [7, 11) is -4.01. The van der Waals surface area contributed by atoms with Crippen LogP contribution in [0.5, 0.6) is 11.5 Å². The van der Waals surface area contributed by atoms with Crippen molar-refractivity contribution < 1.29 is 22.7 Å². The Morgan fingerprint density at radius 3 is 2.48 bits per heavy atom. The van der Waals surface area contributed by atoms with Crippen LogP contribution in [0.1, 0.15) is 5.56 Å². The van der Waals surface area contributed by atoms with Crippen LogP contribution >= 0.6 is 11.6 Å². The summed E-state index contributed by atoms with van der Waals surface area (Å²) in [5.74, 6) is 0.512. The third-order valence-electron chi connectivity index (χ3n) is 4.72. The zero-order valence-electron chi connectivity index (χ0n) is 17.3. The largest absolute Gasteiger partial charge is 0.486 e. The van der Waals surface area contributed by atoms with E-state index in [9.17, 15) is 13.2 Å². The third kappa shape index (κ3) is 5.27. The number of benzene rings is 3. The fourth-order valence-electron chi connectivity index (χ4n) is 3.18. The fraction of sp³-hybridized carbons (Fsp3) is 0.130. The molecule has 4 rings (SSSR count). The van der Waals surface area contributed by atoms with E-state index in [0.29, 0.717) is 41.0 Å². The van der Waals surface area contributed by atoms with E-state index < -0.39 is 22.5 Å². The number of rotatable bonds is 7. The summed E-state index contributed by atoms with van der Waals surface area (Å²) in [4.78, 5) is 12.7. The molecular formula is C23H20ClN3O5S. The van der Waals surface area contributed by atoms with Crippen molar-refractivity contribution >= 4 is 39.4 Å². The second-order valence-corrected chi connectivity index (χ2v) is 9.26. The maximum atomic E-state index is 13.3. The van der Waals surface area contributed by atoms with Gasteiger partial charge in [0.25, 0.3) is 15.9 Å². The lowest BCUT2D eigenvalue weighted by molar-refractivity contribution is -0.119. The van der Waals surface area contributed by atoms with Crippen molar-refractivity contribution in [3.8, 4) is 11.5 Å². The van der Waals surface area contributed by atoms with E-state index in [0.717, 1.165) is 4.31 Å². The highest BCUT2D eigenvalue weighted by Crippen LogP contribution is 2.32. The van der Waals surface area contributed by atoms with Gasteiger partial charge in [0, 0.05) is 10.6 Å². The van der Waals surface area contributed by atoms with Gasteiger partial charge < -0.3 is 9.47 Å². The molecule has 0 radical (unpaired) electrons. The molecule has 0 aliphatic carbocycles. The first-order valence-electron chi connectivity index (χ1n) is 9.99. The zero-order chi connectivity index (χ0) is 23.3. The monoisotopic (exact) mass is 485 g/mol. The van der Waals surface area contributed by atoms with Crippen LogP contribution in [0.2, 0.25) is 5.02 Å². The Bertz CT molecular complexity index is 1270. The Morgan fingerprint density at radius 2 is 1.73 bits per heavy atom. The first-order chi connectivity index (χ1) is 15.9. The number of nitrogens with one attached hydrogen (secondary N) is 1. The van der Waals surface area contributed by atoms with Crippen molar-refractivity contribution in [2.75, 3.05) is 24.1 Å². The molecule has 3 aromatic carbocycles. The molecule has 3 aromatic rings. The number of carbonyl (C=O) groups excluding carboxylic acids is 1. The second-order valence-electron chi connectivity index (χ2n) is 6.97. The minimum atomic E-state index is -4.01. The quantitative estimate of drug-likeness (QED) is 0.408. The SMILES string of the molecule is O=C(CN(c1ccc(Cl)cc1)S(=O)(=O)c1ccccc1)N/N=C/c1cccc2c1OCCO2. The summed E-state index contributed by atoms with van der Waals surface area (Å²) in [6, 6.07) is 19.4. The van der Waals surface area contributed by atoms with Crippen LogP contribution in [-0.2, 0) is 14.8 Å². The minimum Gasteiger partial charge on any atom is -0.486 e. The predicted molar refractivity (Wildman–Crippen MR) is 126 cm³/mol. The van der Waals surface area contributed by atoms with E-state index in [1.807, 2.05) is 0 Å². The maximum Gasteiger partial charge on any atom is 0.264 e. The van der Waals surface area contributed by atoms with Gasteiger partial charge in [-0.25, -0.2) is 13.8 Å². The number of sulfonamides is 1. The Labute approximate surface area is 196 Å². The zero-order valence-corrected chi connectivity index (χ0v) is 18.9. The van der Waals surface area contributed by atoms with Gasteiger partial charge in [0.15, 0.2) is 11.5 Å². The van der Waals surface area contributed by atoms with Crippen molar-refractivity contribution in [1.82, 2.24) is 5.43 Å². The number of amides is 1. The summed E-state index contributed by atoms with van der Waals surface area (Å²) >= 11 is 5.95. The maximum absolute atomic E-state index is 13.3. The second kappa shape index (κ2) is 9.93. The molecule has 0 saturated heterocycles. The molecule has 0 atom stereocenters. The lowest BCUT2D eigenvalue weighted by atomic mass is 10.2. The van der Waals surface area contributed by atoms with E-state index in [4.69, 9.17) is 21.1 Å². The van der Waals surface area contributed by atoms with Crippen molar-refractivity contribution in [1.29, 1.82) is 0 Å². The molecule has 8 nitrogen and oxygen atoms in total. The minimum absolute atomic E-state index is 0.0595. The predicted octanol–water partition coefficient (Wildman–Crippen LogP) is 3.46. The van der Waals surface area contributed by atoms with Gasteiger partial charge in [-0.15, -0.1) is 0 Å². The van der Waals surface area contributed by atoms with Crippen molar-refractivity contribution in [3.05, 3.63) is 83.4 Å². The molecular weight excluding hydrogens is 466 g/mol. The lowest BCUT2D eigenvalue weighted by Crippen LogP contribution is -2.39. The van der Waals surface area contributed by atoms with Gasteiger partial charge in [-0.3, -0.25) is 9.10 Å². The first-order valence-corrected chi connectivity index (χ1v) is 11.8. The highest BCUT2D eigenvalue weighted by Gasteiger charge is 2.27. The van der Waals surface area contributed by atoms with Crippen LogP contribution < -0.4 is 19.2 Å². The number of hydrazone groups is 1. The van der Waals surface area contributed by atoms with Crippen molar-refractivity contribution in [2.24, 2.45) is 5.10 Å². The van der Waals surface area contributed by atoms with Crippen molar-refractivity contribution in [2.45, 2.75) is 4.90 Å². The normalized spacial score (nSPS) is 13.0. The molecule has 170 valence electrons. The number of nitrogens with zero attached hydrogens (tertiary/aromatic N) is 2. The van der Waals surface area contributed by atoms with Gasteiger partial charge >= 0.3 is 0 Å². The highest BCUT2D eigenvalue weighted by atomic mass is 35.5. The van der Waals surface area contributed by atoms with Crippen LogP contribution in [0, 0.1) is 0 Å². The number of halogens is 1. The molecule has 33 heavy (non-hydrogen) atoms. The average Bonchev–Trinajstić information content (AvgIpc) is 2.84. The van der Waals surface area contributed by atoms with Gasteiger partial charge in [0.2, 0.25) is 0 Å². The van der Waals surface area contributed by atoms with E-state index in [1.54, 1.807) is 48.5 Å². The van der Waals surface area contributed by atoms with Crippen LogP contribution in [-0.4, -0.2) is 40.3 Å². The van der Waals surface area contributed by atoms with Crippen LogP contribution in [0.4, 0.5) is 5.69 Å². The topological polar surface area (TPSA) is 97.3 Å². The lowest BCUT2D eigenvalue weighted by Gasteiger charge is -2.23. The standard InChI is InChI=1S/C23H20ClN3O5S/c24-18-9-11-19(12-10-18)27(33(29,30)20-6-2-1-3-7-20)16-22(28)26-25-15-17-5-4-8-21-23(17)32-14-13-31-21/h1-12,15H,13-14,16H2,(H,26,28)/b25-15+. The molecule has 0 fully saturated rings. The van der Waals surface area contributed by atoms with Crippen LogP contribution in [0.15, 0.2) is 82.8 Å². The summed E-state index contributed by atoms with van der Waals surface area (Å²) in [5, 5.41) is 4.41. The van der Waals surface area contributed by atoms with Crippen molar-refractivity contribution in [3.63, 3.8) is 0 Å². The van der Waals surface area contributed by atoms with Crippen LogP contribution in [0.25, 0.3) is 0 Å². The average molecular weight is 486 g/mol. The van der Waals surface area contributed by atoms with E-state index in [-0.39, 0.29) is 4.90 Å². The summed E-state index contributed by atoms with van der Waals surface area (Å²) in [6.45, 7) is 0.390. The molecule has 1 aliphatic rings. The van der Waals surface area contributed by atoms with E-state index in [1.165, 1.54) is 30.5 Å². The van der Waals surface area contributed by atoms with Gasteiger partial charge in [-0.2, -0.15) is 5.10 Å². The Morgan fingerprint density at radius 1 is 1.00 bits per heavy atom. The number of carbonyl (C=O) groups is 1. The highest BCUT2D eigenvalue weighted by molar-refractivity contribution is 7.92. The summed E-state index contributed by atoms with van der Waals surface area (Å²) < 4.78 is 38.6. The molecule has 1 amide bonds. The number of fused-ring (bicyclic) bond motifs is 1. The third-order valence-corrected chi connectivity index (χ3v) is 6.76. The number of anilines is 1. The summed E-state index contributed by atoms with van der Waals surface area (Å²) in [5.41, 5.74) is 3.30. The number of para-hydroxylation sites is 1. The fourth-order valence-corrected chi connectivity index (χ4v) is 4.75. The Balaban J connectivity index is 1.54. The number of ether oxygens (including phenoxy) is 2. The van der Waals surface area contributed by atoms with Gasteiger partial charge in [-0.1, -0.05) is 35.9 Å². The molecule has 0 bridgehead atoms. The molecule has 1 heterocycles. The molecule has 10 heteroatoms. The first kappa shape index (κ1) is 22.6. The smallest absolute Gasteiger partial charge is 0.264 e. The van der Waals surface area contributed by atoms with Gasteiger partial charge in [-0.05, 0) is 48.5 Å². The van der Waals surface area contributed by atoms with Crippen LogP contribution in [0.3, 0.4) is 0 Å². The van der Waals surface area contributed by atoms with Gasteiger partial charge in [0.05, 0.1) is 16.8 Å². The molecule has 0 spiro atoms. The van der Waals surface area contributed by atoms with E-state index in [2.05, 4.69) is 10.5 Å². The molecule has 1 aliphatic heterocycles. The molecule has 0 aromatic heterocycles.